The van der Waals surface area contributed by atoms with Crippen LogP contribution in [0.4, 0.5) is 0 Å². The normalized spacial score (nSPS) is 10.6. The second-order valence-electron chi connectivity index (χ2n) is 3.02. The Labute approximate surface area is 82.4 Å². The largest absolute Gasteiger partial charge is 0.465 e. The maximum absolute atomic E-state index is 11.2. The molecule has 0 saturated heterocycles. The van der Waals surface area contributed by atoms with E-state index in [1.807, 2.05) is 0 Å². The Balaban J connectivity index is 2.37. The minimum atomic E-state index is -0.0587. The van der Waals surface area contributed by atoms with Crippen LogP contribution in [0.3, 0.4) is 0 Å². The van der Waals surface area contributed by atoms with Gasteiger partial charge in [-0.05, 0) is 31.2 Å². The first-order valence-corrected chi connectivity index (χ1v) is 4.42. The van der Waals surface area contributed by atoms with E-state index in [0.717, 1.165) is 0 Å². The molecule has 3 nitrogen and oxygen atoms in total. The van der Waals surface area contributed by atoms with E-state index >= 15 is 0 Å². The van der Waals surface area contributed by atoms with Gasteiger partial charge in [-0.25, -0.2) is 0 Å². The van der Waals surface area contributed by atoms with Crippen LogP contribution < -0.4 is 0 Å². The minimum Gasteiger partial charge on any atom is -0.465 e. The Morgan fingerprint density at radius 2 is 2.21 bits per heavy atom. The van der Waals surface area contributed by atoms with Gasteiger partial charge in [-0.3, -0.25) is 4.79 Å². The highest BCUT2D eigenvalue weighted by Gasteiger charge is 1.99. The minimum absolute atomic E-state index is 0.0322. The lowest BCUT2D eigenvalue weighted by Crippen LogP contribution is -1.97. The molecule has 1 aromatic heterocycles. The molecule has 0 spiro atoms. The first kappa shape index (κ1) is 10.4. The fourth-order valence-electron chi connectivity index (χ4n) is 0.944. The number of allylic oxidation sites excluding steroid dienone is 1. The number of carbonyl (C=O) groups is 2. The summed E-state index contributed by atoms with van der Waals surface area (Å²) >= 11 is 0. The molecule has 0 aromatic carbocycles. The molecule has 0 fully saturated rings. The lowest BCUT2D eigenvalue weighted by Gasteiger charge is -1.90. The van der Waals surface area contributed by atoms with Crippen LogP contribution >= 0.6 is 0 Å². The van der Waals surface area contributed by atoms with Crippen molar-refractivity contribution >= 4 is 17.6 Å². The summed E-state index contributed by atoms with van der Waals surface area (Å²) in [6, 6.07) is 3.51. The quantitative estimate of drug-likeness (QED) is 0.672. The van der Waals surface area contributed by atoms with Gasteiger partial charge in [0.05, 0.1) is 6.26 Å². The standard InChI is InChI=1S/C11H12O3/c1-9(12)4-5-10(13)6-7-11-3-2-8-14-11/h2-3,6-8H,4-5H2,1H3/b7-6+. The molecule has 14 heavy (non-hydrogen) atoms. The van der Waals surface area contributed by atoms with E-state index in [2.05, 4.69) is 0 Å². The van der Waals surface area contributed by atoms with Crippen LogP contribution in [0.1, 0.15) is 25.5 Å². The van der Waals surface area contributed by atoms with E-state index in [0.29, 0.717) is 12.2 Å². The molecule has 1 aromatic rings. The molecular weight excluding hydrogens is 180 g/mol. The fraction of sp³-hybridized carbons (Fsp3) is 0.273. The van der Waals surface area contributed by atoms with Gasteiger partial charge in [-0.2, -0.15) is 0 Å². The lowest BCUT2D eigenvalue weighted by molar-refractivity contribution is -0.120. The highest BCUT2D eigenvalue weighted by atomic mass is 16.3. The average molecular weight is 192 g/mol. The lowest BCUT2D eigenvalue weighted by atomic mass is 10.1. The Morgan fingerprint density at radius 1 is 1.43 bits per heavy atom. The number of hydrogen-bond acceptors (Lipinski definition) is 3. The maximum Gasteiger partial charge on any atom is 0.156 e. The molecule has 0 unspecified atom stereocenters. The van der Waals surface area contributed by atoms with Crippen molar-refractivity contribution in [1.29, 1.82) is 0 Å². The first-order chi connectivity index (χ1) is 6.68. The van der Waals surface area contributed by atoms with Crippen molar-refractivity contribution in [2.45, 2.75) is 19.8 Å². The van der Waals surface area contributed by atoms with E-state index in [1.54, 1.807) is 24.5 Å². The summed E-state index contributed by atoms with van der Waals surface area (Å²) in [7, 11) is 0. The van der Waals surface area contributed by atoms with Crippen molar-refractivity contribution in [3.8, 4) is 0 Å². The summed E-state index contributed by atoms with van der Waals surface area (Å²) in [4.78, 5) is 21.7. The van der Waals surface area contributed by atoms with Crippen molar-refractivity contribution in [2.75, 3.05) is 0 Å². The Kier molecular flexibility index (Phi) is 3.85. The van der Waals surface area contributed by atoms with Gasteiger partial charge >= 0.3 is 0 Å². The first-order valence-electron chi connectivity index (χ1n) is 4.42. The number of furan rings is 1. The van der Waals surface area contributed by atoms with Crippen LogP contribution in [0, 0.1) is 0 Å². The van der Waals surface area contributed by atoms with Crippen LogP contribution in [0.25, 0.3) is 6.08 Å². The number of carbonyl (C=O) groups excluding carboxylic acids is 2. The molecule has 0 aliphatic rings. The van der Waals surface area contributed by atoms with Crippen molar-refractivity contribution in [2.24, 2.45) is 0 Å². The summed E-state index contributed by atoms with van der Waals surface area (Å²) in [5.74, 6) is 0.613. The Bertz CT molecular complexity index is 333. The van der Waals surface area contributed by atoms with Crippen molar-refractivity contribution in [1.82, 2.24) is 0 Å². The maximum atomic E-state index is 11.2. The number of hydrogen-bond donors (Lipinski definition) is 0. The monoisotopic (exact) mass is 192 g/mol. The van der Waals surface area contributed by atoms with Gasteiger partial charge in [0.2, 0.25) is 0 Å². The Morgan fingerprint density at radius 3 is 2.79 bits per heavy atom. The van der Waals surface area contributed by atoms with Gasteiger partial charge in [-0.15, -0.1) is 0 Å². The highest BCUT2D eigenvalue weighted by Crippen LogP contribution is 2.03. The zero-order valence-corrected chi connectivity index (χ0v) is 8.03. The average Bonchev–Trinajstić information content (AvgIpc) is 2.63. The molecule has 0 radical (unpaired) electrons. The van der Waals surface area contributed by atoms with E-state index in [9.17, 15) is 9.59 Å². The van der Waals surface area contributed by atoms with Crippen LogP contribution in [-0.4, -0.2) is 11.6 Å². The van der Waals surface area contributed by atoms with Crippen LogP contribution in [-0.2, 0) is 9.59 Å². The van der Waals surface area contributed by atoms with Gasteiger partial charge in [0.15, 0.2) is 5.78 Å². The van der Waals surface area contributed by atoms with Gasteiger partial charge in [0.1, 0.15) is 11.5 Å². The summed E-state index contributed by atoms with van der Waals surface area (Å²) in [5.41, 5.74) is 0. The summed E-state index contributed by atoms with van der Waals surface area (Å²) in [6.45, 7) is 1.48. The van der Waals surface area contributed by atoms with Gasteiger partial charge in [-0.1, -0.05) is 0 Å². The third-order valence-electron chi connectivity index (χ3n) is 1.70. The predicted molar refractivity (Wildman–Crippen MR) is 52.7 cm³/mol. The molecule has 3 heteroatoms. The van der Waals surface area contributed by atoms with E-state index in [1.165, 1.54) is 13.0 Å². The third-order valence-corrected chi connectivity index (χ3v) is 1.70. The molecule has 0 saturated carbocycles. The van der Waals surface area contributed by atoms with Gasteiger partial charge in [0, 0.05) is 12.8 Å². The molecule has 0 aliphatic carbocycles. The Hall–Kier alpha value is -1.64. The second-order valence-corrected chi connectivity index (χ2v) is 3.02. The number of ketones is 2. The number of rotatable bonds is 5. The topological polar surface area (TPSA) is 47.3 Å². The van der Waals surface area contributed by atoms with E-state index in [4.69, 9.17) is 4.42 Å². The fourth-order valence-corrected chi connectivity index (χ4v) is 0.944. The van der Waals surface area contributed by atoms with Crippen molar-refractivity contribution in [3.63, 3.8) is 0 Å². The molecule has 1 heterocycles. The zero-order valence-electron chi connectivity index (χ0n) is 8.03. The van der Waals surface area contributed by atoms with Crippen molar-refractivity contribution < 1.29 is 14.0 Å². The SMILES string of the molecule is CC(=O)CCC(=O)/C=C/c1ccco1. The van der Waals surface area contributed by atoms with Crippen LogP contribution in [0.5, 0.6) is 0 Å². The van der Waals surface area contributed by atoms with Crippen LogP contribution in [0.2, 0.25) is 0 Å². The summed E-state index contributed by atoms with van der Waals surface area (Å²) in [6.07, 6.45) is 5.15. The molecule has 0 bridgehead atoms. The molecule has 0 amide bonds. The smallest absolute Gasteiger partial charge is 0.156 e. The second kappa shape index (κ2) is 5.17. The zero-order chi connectivity index (χ0) is 10.4. The third kappa shape index (κ3) is 3.85. The molecule has 0 aliphatic heterocycles. The van der Waals surface area contributed by atoms with Crippen LogP contribution in [0.15, 0.2) is 28.9 Å². The highest BCUT2D eigenvalue weighted by molar-refractivity contribution is 5.95. The molecule has 0 N–H and O–H groups in total. The summed E-state index contributed by atoms with van der Waals surface area (Å²) in [5, 5.41) is 0. The van der Waals surface area contributed by atoms with Gasteiger partial charge < -0.3 is 9.21 Å². The number of Topliss-reactive ketones (excluding diaryl/α,β-unsaturated/α-hetero) is 1. The molecule has 1 rings (SSSR count). The molecular formula is C11H12O3. The summed E-state index contributed by atoms with van der Waals surface area (Å²) < 4.78 is 5.00. The predicted octanol–water partition coefficient (Wildman–Crippen LogP) is 2.23. The molecule has 0 atom stereocenters. The van der Waals surface area contributed by atoms with E-state index < -0.39 is 0 Å². The van der Waals surface area contributed by atoms with E-state index in [-0.39, 0.29) is 18.0 Å². The van der Waals surface area contributed by atoms with Gasteiger partial charge in [0.25, 0.3) is 0 Å². The molecule has 74 valence electrons. The van der Waals surface area contributed by atoms with Crippen molar-refractivity contribution in [3.05, 3.63) is 30.2 Å².